The first-order valence-electron chi connectivity index (χ1n) is 6.64. The normalized spacial score (nSPS) is 11.8. The molecule has 0 bridgehead atoms. The van der Waals surface area contributed by atoms with Crippen LogP contribution in [-0.4, -0.2) is 23.9 Å². The molecular weight excluding hydrogens is 375 g/mol. The Morgan fingerprint density at radius 3 is 2.53 bits per heavy atom. The second kappa shape index (κ2) is 9.09. The third kappa shape index (κ3) is 5.16. The van der Waals surface area contributed by atoms with Gasteiger partial charge in [0.1, 0.15) is 5.82 Å². The smallest absolute Gasteiger partial charge is 0.123 e. The van der Waals surface area contributed by atoms with Gasteiger partial charge in [0.2, 0.25) is 0 Å². The summed E-state index contributed by atoms with van der Waals surface area (Å²) in [6.07, 6.45) is 3.11. The van der Waals surface area contributed by atoms with Crippen LogP contribution in [0.15, 0.2) is 24.3 Å². The minimum atomic E-state index is -0.185. The summed E-state index contributed by atoms with van der Waals surface area (Å²) in [5, 5.41) is 1.57. The Kier molecular flexibility index (Phi) is 8.19. The minimum absolute atomic E-state index is 0.117. The molecule has 1 aromatic carbocycles. The van der Waals surface area contributed by atoms with Gasteiger partial charge in [-0.15, -0.1) is 0 Å². The molecule has 1 aromatic rings. The molecule has 108 valence electrons. The molecule has 0 aliphatic carbocycles. The van der Waals surface area contributed by atoms with Gasteiger partial charge in [0.25, 0.3) is 0 Å². The van der Waals surface area contributed by atoms with Crippen LogP contribution in [0.5, 0.6) is 0 Å². The van der Waals surface area contributed by atoms with E-state index in [0.717, 1.165) is 42.1 Å². The van der Waals surface area contributed by atoms with Crippen molar-refractivity contribution in [2.45, 2.75) is 31.6 Å². The molecule has 1 rings (SSSR count). The molecule has 0 atom stereocenters. The van der Waals surface area contributed by atoms with Crippen molar-refractivity contribution < 1.29 is 9.13 Å². The Hall–Kier alpha value is 0.0700. The molecule has 0 heterocycles. The zero-order chi connectivity index (χ0) is 14.1. The number of hydrogen-bond acceptors (Lipinski definition) is 1. The van der Waals surface area contributed by atoms with Gasteiger partial charge in [-0.1, -0.05) is 57.3 Å². The number of alkyl halides is 2. The summed E-state index contributed by atoms with van der Waals surface area (Å²) < 4.78 is 19.0. The van der Waals surface area contributed by atoms with Crippen molar-refractivity contribution in [1.29, 1.82) is 0 Å². The molecule has 0 fully saturated rings. The molecule has 0 N–H and O–H groups in total. The second-order valence-electron chi connectivity index (χ2n) is 4.77. The zero-order valence-corrected chi connectivity index (χ0v) is 14.5. The average Bonchev–Trinajstić information content (AvgIpc) is 2.43. The van der Waals surface area contributed by atoms with Crippen LogP contribution in [0.25, 0.3) is 0 Å². The average molecular weight is 396 g/mol. The van der Waals surface area contributed by atoms with Crippen molar-refractivity contribution in [3.8, 4) is 0 Å². The van der Waals surface area contributed by atoms with E-state index in [4.69, 9.17) is 4.74 Å². The first kappa shape index (κ1) is 17.1. The van der Waals surface area contributed by atoms with Crippen molar-refractivity contribution in [2.24, 2.45) is 0 Å². The molecule has 0 spiro atoms. The van der Waals surface area contributed by atoms with Gasteiger partial charge in [-0.2, -0.15) is 0 Å². The van der Waals surface area contributed by atoms with Gasteiger partial charge in [-0.05, 0) is 30.5 Å². The first-order valence-corrected chi connectivity index (χ1v) is 8.88. The van der Waals surface area contributed by atoms with Crippen LogP contribution in [0.4, 0.5) is 4.39 Å². The van der Waals surface area contributed by atoms with E-state index < -0.39 is 0 Å². The lowest BCUT2D eigenvalue weighted by atomic mass is 9.81. The zero-order valence-electron chi connectivity index (χ0n) is 11.3. The van der Waals surface area contributed by atoms with Gasteiger partial charge in [0, 0.05) is 29.3 Å². The van der Waals surface area contributed by atoms with E-state index in [0.29, 0.717) is 6.61 Å². The minimum Gasteiger partial charge on any atom is -0.381 e. The highest BCUT2D eigenvalue weighted by Crippen LogP contribution is 2.33. The van der Waals surface area contributed by atoms with Crippen LogP contribution >= 0.6 is 31.9 Å². The fourth-order valence-electron chi connectivity index (χ4n) is 1.90. The maximum atomic E-state index is 13.4. The van der Waals surface area contributed by atoms with Crippen LogP contribution in [-0.2, 0) is 10.2 Å². The van der Waals surface area contributed by atoms with Crippen molar-refractivity contribution in [3.63, 3.8) is 0 Å². The van der Waals surface area contributed by atoms with Crippen LogP contribution in [0, 0.1) is 5.82 Å². The highest BCUT2D eigenvalue weighted by Gasteiger charge is 2.30. The Morgan fingerprint density at radius 1 is 1.21 bits per heavy atom. The molecule has 0 aromatic heterocycles. The first-order chi connectivity index (χ1) is 9.18. The topological polar surface area (TPSA) is 9.23 Å². The van der Waals surface area contributed by atoms with Crippen molar-refractivity contribution in [1.82, 2.24) is 0 Å². The highest BCUT2D eigenvalue weighted by atomic mass is 79.9. The third-order valence-electron chi connectivity index (χ3n) is 3.32. The number of rotatable bonds is 9. The van der Waals surface area contributed by atoms with E-state index in [1.807, 2.05) is 6.07 Å². The monoisotopic (exact) mass is 394 g/mol. The van der Waals surface area contributed by atoms with Crippen LogP contribution < -0.4 is 0 Å². The highest BCUT2D eigenvalue weighted by molar-refractivity contribution is 9.09. The van der Waals surface area contributed by atoms with E-state index in [9.17, 15) is 4.39 Å². The van der Waals surface area contributed by atoms with E-state index >= 15 is 0 Å². The summed E-state index contributed by atoms with van der Waals surface area (Å²) in [5.41, 5.74) is 0.897. The molecule has 0 saturated heterocycles. The van der Waals surface area contributed by atoms with Gasteiger partial charge in [-0.25, -0.2) is 4.39 Å². The molecule has 0 amide bonds. The quantitative estimate of drug-likeness (QED) is 0.419. The number of unbranched alkanes of at least 4 members (excludes halogenated alkanes) is 1. The van der Waals surface area contributed by atoms with Gasteiger partial charge in [0.15, 0.2) is 0 Å². The number of hydrogen-bond donors (Lipinski definition) is 0. The van der Waals surface area contributed by atoms with Crippen molar-refractivity contribution in [2.75, 3.05) is 23.9 Å². The Balaban J connectivity index is 2.68. The maximum absolute atomic E-state index is 13.4. The fraction of sp³-hybridized carbons (Fsp3) is 0.600. The summed E-state index contributed by atoms with van der Waals surface area (Å²) in [6.45, 7) is 3.66. The molecular formula is C15H21Br2FO. The van der Waals surface area contributed by atoms with E-state index in [1.165, 1.54) is 6.07 Å². The molecule has 19 heavy (non-hydrogen) atoms. The number of benzene rings is 1. The summed E-state index contributed by atoms with van der Waals surface area (Å²) in [5.74, 6) is -0.185. The molecule has 4 heteroatoms. The molecule has 0 saturated carbocycles. The summed E-state index contributed by atoms with van der Waals surface area (Å²) in [7, 11) is 0. The number of ether oxygens (including phenoxy) is 1. The number of halogens is 3. The van der Waals surface area contributed by atoms with Gasteiger partial charge in [-0.3, -0.25) is 0 Å². The molecule has 0 aliphatic heterocycles. The fourth-order valence-corrected chi connectivity index (χ4v) is 4.04. The standard InChI is InChI=1S/C15H21Br2FO/c1-2-3-8-19-9-7-15(11-16,12-17)13-5-4-6-14(18)10-13/h4-6,10H,2-3,7-9,11-12H2,1H3. The van der Waals surface area contributed by atoms with Crippen LogP contribution in [0.1, 0.15) is 31.7 Å². The maximum Gasteiger partial charge on any atom is 0.123 e. The predicted octanol–water partition coefficient (Wildman–Crippen LogP) is 5.06. The Bertz CT molecular complexity index is 367. The SMILES string of the molecule is CCCCOCCC(CBr)(CBr)c1cccc(F)c1. The summed E-state index contributed by atoms with van der Waals surface area (Å²) in [6, 6.07) is 6.85. The van der Waals surface area contributed by atoms with Gasteiger partial charge < -0.3 is 4.74 Å². The van der Waals surface area contributed by atoms with Crippen molar-refractivity contribution in [3.05, 3.63) is 35.6 Å². The molecule has 0 unspecified atom stereocenters. The lowest BCUT2D eigenvalue weighted by molar-refractivity contribution is 0.117. The summed E-state index contributed by atoms with van der Waals surface area (Å²) in [4.78, 5) is 0. The second-order valence-corrected chi connectivity index (χ2v) is 5.90. The predicted molar refractivity (Wildman–Crippen MR) is 86.0 cm³/mol. The van der Waals surface area contributed by atoms with Crippen molar-refractivity contribution >= 4 is 31.9 Å². The van der Waals surface area contributed by atoms with Gasteiger partial charge in [0.05, 0.1) is 0 Å². The molecule has 0 aliphatic rings. The lowest BCUT2D eigenvalue weighted by Crippen LogP contribution is -2.32. The Morgan fingerprint density at radius 2 is 1.95 bits per heavy atom. The van der Waals surface area contributed by atoms with E-state index in [-0.39, 0.29) is 11.2 Å². The summed E-state index contributed by atoms with van der Waals surface area (Å²) >= 11 is 7.14. The van der Waals surface area contributed by atoms with Crippen LogP contribution in [0.2, 0.25) is 0 Å². The third-order valence-corrected chi connectivity index (χ3v) is 5.46. The largest absolute Gasteiger partial charge is 0.381 e. The molecule has 0 radical (unpaired) electrons. The Labute approximate surface area is 132 Å². The lowest BCUT2D eigenvalue weighted by Gasteiger charge is -2.30. The molecule has 1 nitrogen and oxygen atoms in total. The van der Waals surface area contributed by atoms with E-state index in [2.05, 4.69) is 38.8 Å². The van der Waals surface area contributed by atoms with E-state index in [1.54, 1.807) is 12.1 Å². The van der Waals surface area contributed by atoms with Gasteiger partial charge >= 0.3 is 0 Å². The van der Waals surface area contributed by atoms with Crippen LogP contribution in [0.3, 0.4) is 0 Å².